The highest BCUT2D eigenvalue weighted by Gasteiger charge is 2.79. The van der Waals surface area contributed by atoms with Crippen molar-refractivity contribution in [2.75, 3.05) is 6.61 Å². The second-order valence-corrected chi connectivity index (χ2v) is 4.16. The lowest BCUT2D eigenvalue weighted by Crippen LogP contribution is -2.32. The Balaban J connectivity index is 2.87. The Labute approximate surface area is 97.6 Å². The summed E-state index contributed by atoms with van der Waals surface area (Å²) in [6.07, 6.45) is -2.18. The minimum absolute atomic E-state index is 0.0775. The minimum atomic E-state index is -1.78. The van der Waals surface area contributed by atoms with E-state index in [-0.39, 0.29) is 6.61 Å². The third-order valence-corrected chi connectivity index (χ3v) is 2.87. The smallest absolute Gasteiger partial charge is 0.450 e. The molecule has 0 heterocycles. The first kappa shape index (κ1) is 13.3. The van der Waals surface area contributed by atoms with E-state index in [4.69, 9.17) is 9.84 Å². The zero-order valence-corrected chi connectivity index (χ0v) is 9.76. The molecule has 0 aromatic carbocycles. The molecule has 2 unspecified atom stereocenters. The first-order chi connectivity index (χ1) is 7.81. The van der Waals surface area contributed by atoms with Crippen LogP contribution in [0, 0.1) is 11.3 Å². The van der Waals surface area contributed by atoms with Crippen LogP contribution in [0.3, 0.4) is 0 Å². The van der Waals surface area contributed by atoms with Crippen LogP contribution < -0.4 is 0 Å². The van der Waals surface area contributed by atoms with Crippen molar-refractivity contribution < 1.29 is 33.7 Å². The molecule has 7 nitrogen and oxygen atoms in total. The lowest BCUT2D eigenvalue weighted by Gasteiger charge is -2.18. The monoisotopic (exact) mass is 246 g/mol. The molecule has 1 fully saturated rings. The molecule has 1 saturated carbocycles. The molecular formula is C10H14O7. The van der Waals surface area contributed by atoms with E-state index < -0.39 is 29.4 Å². The fraction of sp³-hybridized carbons (Fsp3) is 0.700. The lowest BCUT2D eigenvalue weighted by atomic mass is 10.1. The van der Waals surface area contributed by atoms with Crippen molar-refractivity contribution in [1.82, 2.24) is 0 Å². The maximum absolute atomic E-state index is 11.2. The quantitative estimate of drug-likeness (QED) is 0.454. The third-order valence-electron chi connectivity index (χ3n) is 2.87. The number of hydrogen-bond donors (Lipinski definition) is 1. The van der Waals surface area contributed by atoms with Gasteiger partial charge < -0.3 is 24.1 Å². The Hall–Kier alpha value is -1.79. The maximum Gasteiger partial charge on any atom is 0.511 e. The number of rotatable bonds is 4. The summed E-state index contributed by atoms with van der Waals surface area (Å²) in [7, 11) is 0. The van der Waals surface area contributed by atoms with Gasteiger partial charge in [0.2, 0.25) is 0 Å². The number of ether oxygens (including phenoxy) is 3. The molecule has 1 aliphatic carbocycles. The van der Waals surface area contributed by atoms with Gasteiger partial charge in [-0.05, 0) is 6.92 Å². The highest BCUT2D eigenvalue weighted by atomic mass is 16.8. The normalized spacial score (nSPS) is 29.0. The number of carbonyl (C=O) groups is 3. The third kappa shape index (κ3) is 2.04. The average Bonchev–Trinajstić information content (AvgIpc) is 2.59. The molecule has 7 heteroatoms. The Morgan fingerprint density at radius 3 is 2.29 bits per heavy atom. The molecule has 0 spiro atoms. The van der Waals surface area contributed by atoms with Gasteiger partial charge in [0.15, 0.2) is 0 Å². The van der Waals surface area contributed by atoms with Gasteiger partial charge in [0, 0.05) is 0 Å². The van der Waals surface area contributed by atoms with Gasteiger partial charge in [-0.25, -0.2) is 9.59 Å². The molecule has 0 saturated heterocycles. The van der Waals surface area contributed by atoms with Crippen LogP contribution in [0.2, 0.25) is 0 Å². The van der Waals surface area contributed by atoms with Gasteiger partial charge in [-0.2, -0.15) is 0 Å². The summed E-state index contributed by atoms with van der Waals surface area (Å²) in [6, 6.07) is 0. The van der Waals surface area contributed by atoms with Crippen LogP contribution in [0.15, 0.2) is 0 Å². The van der Waals surface area contributed by atoms with Crippen LogP contribution in [0.1, 0.15) is 20.8 Å². The highest BCUT2D eigenvalue weighted by Crippen LogP contribution is 2.63. The molecule has 1 aliphatic rings. The van der Waals surface area contributed by atoms with Gasteiger partial charge in [0.05, 0.1) is 12.0 Å². The Kier molecular flexibility index (Phi) is 3.30. The second kappa shape index (κ2) is 4.23. The number of carboxylic acid groups (broad SMARTS) is 1. The van der Waals surface area contributed by atoms with Gasteiger partial charge in [-0.1, -0.05) is 13.8 Å². The predicted octanol–water partition coefficient (Wildman–Crippen LogP) is 1.41. The van der Waals surface area contributed by atoms with E-state index in [0.717, 1.165) is 0 Å². The lowest BCUT2D eigenvalue weighted by molar-refractivity contribution is -0.146. The summed E-state index contributed by atoms with van der Waals surface area (Å²) in [5.74, 6) is -2.62. The van der Waals surface area contributed by atoms with E-state index in [9.17, 15) is 14.4 Å². The molecular weight excluding hydrogens is 232 g/mol. The van der Waals surface area contributed by atoms with Crippen molar-refractivity contribution in [2.24, 2.45) is 11.3 Å². The molecule has 1 rings (SSSR count). The standard InChI is InChI=1S/C10H14O7/c1-4-15-8(14)17-10(16-7(12)13)6(5-11)9(10,2)3/h5-6H,4H2,1-3H3,(H,12,13). The average molecular weight is 246 g/mol. The highest BCUT2D eigenvalue weighted by molar-refractivity contribution is 5.70. The van der Waals surface area contributed by atoms with Gasteiger partial charge in [-0.15, -0.1) is 0 Å². The maximum atomic E-state index is 11.2. The molecule has 2 atom stereocenters. The van der Waals surface area contributed by atoms with Gasteiger partial charge in [0.25, 0.3) is 5.79 Å². The van der Waals surface area contributed by atoms with Gasteiger partial charge in [-0.3, -0.25) is 0 Å². The number of carbonyl (C=O) groups excluding carboxylic acids is 2. The Bertz CT molecular complexity index is 349. The molecule has 96 valence electrons. The van der Waals surface area contributed by atoms with Crippen molar-refractivity contribution in [3.8, 4) is 0 Å². The van der Waals surface area contributed by atoms with Crippen molar-refractivity contribution >= 4 is 18.6 Å². The first-order valence-corrected chi connectivity index (χ1v) is 5.04. The summed E-state index contributed by atoms with van der Waals surface area (Å²) >= 11 is 0. The molecule has 0 radical (unpaired) electrons. The van der Waals surface area contributed by atoms with Crippen LogP contribution >= 0.6 is 0 Å². The van der Waals surface area contributed by atoms with Crippen molar-refractivity contribution in [2.45, 2.75) is 26.6 Å². The first-order valence-electron chi connectivity index (χ1n) is 5.04. The molecule has 0 aromatic heterocycles. The Morgan fingerprint density at radius 1 is 1.35 bits per heavy atom. The SMILES string of the molecule is CCOC(=O)OC1(OC(=O)O)C(C=O)C1(C)C. The molecule has 0 amide bonds. The number of aldehydes is 1. The van der Waals surface area contributed by atoms with E-state index in [0.29, 0.717) is 6.29 Å². The fourth-order valence-corrected chi connectivity index (χ4v) is 1.79. The summed E-state index contributed by atoms with van der Waals surface area (Å²) in [6.45, 7) is 4.78. The largest absolute Gasteiger partial charge is 0.511 e. The van der Waals surface area contributed by atoms with Crippen LogP contribution in [0.4, 0.5) is 9.59 Å². The molecule has 0 bridgehead atoms. The molecule has 0 aromatic rings. The van der Waals surface area contributed by atoms with E-state index in [1.807, 2.05) is 0 Å². The van der Waals surface area contributed by atoms with Gasteiger partial charge in [0.1, 0.15) is 12.2 Å². The topological polar surface area (TPSA) is 99.1 Å². The minimum Gasteiger partial charge on any atom is -0.450 e. The summed E-state index contributed by atoms with van der Waals surface area (Å²) in [5, 5.41) is 8.61. The van der Waals surface area contributed by atoms with Gasteiger partial charge >= 0.3 is 12.3 Å². The van der Waals surface area contributed by atoms with Crippen LogP contribution in [0.5, 0.6) is 0 Å². The summed E-state index contributed by atoms with van der Waals surface area (Å²) in [4.78, 5) is 32.6. The molecule has 17 heavy (non-hydrogen) atoms. The van der Waals surface area contributed by atoms with Crippen molar-refractivity contribution in [3.63, 3.8) is 0 Å². The van der Waals surface area contributed by atoms with E-state index in [1.54, 1.807) is 20.8 Å². The zero-order valence-electron chi connectivity index (χ0n) is 9.76. The molecule has 0 aliphatic heterocycles. The Morgan fingerprint density at radius 2 is 1.94 bits per heavy atom. The summed E-state index contributed by atoms with van der Waals surface area (Å²) < 4.78 is 13.9. The van der Waals surface area contributed by atoms with Crippen molar-refractivity contribution in [1.29, 1.82) is 0 Å². The zero-order chi connectivity index (χ0) is 13.3. The fourth-order valence-electron chi connectivity index (χ4n) is 1.79. The van der Waals surface area contributed by atoms with E-state index >= 15 is 0 Å². The summed E-state index contributed by atoms with van der Waals surface area (Å²) in [5.41, 5.74) is -0.903. The van der Waals surface area contributed by atoms with Crippen LogP contribution in [-0.2, 0) is 19.0 Å². The molecule has 1 N–H and O–H groups in total. The van der Waals surface area contributed by atoms with Crippen LogP contribution in [-0.4, -0.2) is 36.1 Å². The van der Waals surface area contributed by atoms with E-state index in [1.165, 1.54) is 0 Å². The van der Waals surface area contributed by atoms with Crippen molar-refractivity contribution in [3.05, 3.63) is 0 Å². The second-order valence-electron chi connectivity index (χ2n) is 4.16. The van der Waals surface area contributed by atoms with Crippen LogP contribution in [0.25, 0.3) is 0 Å². The predicted molar refractivity (Wildman–Crippen MR) is 53.3 cm³/mol. The number of hydrogen-bond acceptors (Lipinski definition) is 6. The van der Waals surface area contributed by atoms with E-state index in [2.05, 4.69) is 9.47 Å².